The summed E-state index contributed by atoms with van der Waals surface area (Å²) in [6.07, 6.45) is 2.37. The van der Waals surface area contributed by atoms with Gasteiger partial charge in [0.25, 0.3) is 10.0 Å². The minimum Gasteiger partial charge on any atom is -0.380 e. The molecule has 1 heterocycles. The Hall–Kier alpha value is -2.38. The maximum absolute atomic E-state index is 12.5. The number of nitrogens with zero attached hydrogens (tertiary/aromatic N) is 1. The molecular formula is C20H24N2O4S. The van der Waals surface area contributed by atoms with E-state index in [2.05, 4.69) is 9.62 Å². The molecule has 27 heavy (non-hydrogen) atoms. The third-order valence-electron chi connectivity index (χ3n) is 4.77. The van der Waals surface area contributed by atoms with Crippen LogP contribution in [-0.4, -0.2) is 40.5 Å². The van der Waals surface area contributed by atoms with Crippen LogP contribution in [0.5, 0.6) is 0 Å². The van der Waals surface area contributed by atoms with Gasteiger partial charge in [0.05, 0.1) is 11.0 Å². The number of hydrogen-bond acceptors (Lipinski definition) is 5. The minimum atomic E-state index is -3.70. The molecular weight excluding hydrogens is 364 g/mol. The lowest BCUT2D eigenvalue weighted by molar-refractivity contribution is 0.0893. The molecule has 1 saturated heterocycles. The third-order valence-corrected chi connectivity index (χ3v) is 6.16. The Labute approximate surface area is 160 Å². The molecule has 1 unspecified atom stereocenters. The van der Waals surface area contributed by atoms with Gasteiger partial charge < -0.3 is 9.64 Å². The number of ketones is 1. The van der Waals surface area contributed by atoms with E-state index in [1.165, 1.54) is 31.2 Å². The Balaban J connectivity index is 1.70. The van der Waals surface area contributed by atoms with Gasteiger partial charge in [-0.15, -0.1) is 0 Å². The van der Waals surface area contributed by atoms with Crippen molar-refractivity contribution in [1.82, 2.24) is 0 Å². The third kappa shape index (κ3) is 4.67. The standard InChI is InChI=1S/C20H24N2O4S/c1-15(23)16-5-11-20(12-6-16)27(24,25)21-17-7-9-18(10-8-17)22-13-3-4-19(14-22)26-2/h5-12,19,21H,3-4,13-14H2,1-2H3. The number of ether oxygens (including phenoxy) is 1. The first-order valence-corrected chi connectivity index (χ1v) is 10.4. The van der Waals surface area contributed by atoms with Crippen LogP contribution >= 0.6 is 0 Å². The van der Waals surface area contributed by atoms with Crippen molar-refractivity contribution in [1.29, 1.82) is 0 Å². The maximum Gasteiger partial charge on any atom is 0.261 e. The smallest absolute Gasteiger partial charge is 0.261 e. The highest BCUT2D eigenvalue weighted by molar-refractivity contribution is 7.92. The van der Waals surface area contributed by atoms with Crippen LogP contribution in [-0.2, 0) is 14.8 Å². The fourth-order valence-corrected chi connectivity index (χ4v) is 4.25. The number of sulfonamides is 1. The van der Waals surface area contributed by atoms with Crippen molar-refractivity contribution in [2.75, 3.05) is 29.8 Å². The molecule has 2 aromatic carbocycles. The van der Waals surface area contributed by atoms with Crippen LogP contribution < -0.4 is 9.62 Å². The van der Waals surface area contributed by atoms with Gasteiger partial charge in [-0.3, -0.25) is 9.52 Å². The molecule has 7 heteroatoms. The summed E-state index contributed by atoms with van der Waals surface area (Å²) in [6.45, 7) is 3.25. The predicted octanol–water partition coefficient (Wildman–Crippen LogP) is 3.31. The number of piperidine rings is 1. The van der Waals surface area contributed by atoms with Gasteiger partial charge in [0.2, 0.25) is 0 Å². The number of hydrogen-bond donors (Lipinski definition) is 1. The second kappa shape index (κ2) is 8.10. The lowest BCUT2D eigenvalue weighted by Gasteiger charge is -2.33. The zero-order valence-corrected chi connectivity index (χ0v) is 16.3. The molecule has 1 atom stereocenters. The molecule has 0 radical (unpaired) electrons. The Morgan fingerprint density at radius 2 is 1.78 bits per heavy atom. The lowest BCUT2D eigenvalue weighted by atomic mass is 10.1. The second-order valence-corrected chi connectivity index (χ2v) is 8.36. The molecule has 0 saturated carbocycles. The summed E-state index contributed by atoms with van der Waals surface area (Å²) < 4.78 is 33.1. The van der Waals surface area contributed by atoms with E-state index < -0.39 is 10.0 Å². The summed E-state index contributed by atoms with van der Waals surface area (Å²) in [5.41, 5.74) is 2.02. The Bertz CT molecular complexity index is 893. The van der Waals surface area contributed by atoms with Crippen LogP contribution in [0.2, 0.25) is 0 Å². The maximum atomic E-state index is 12.5. The molecule has 1 aliphatic heterocycles. The van der Waals surface area contributed by atoms with Gasteiger partial charge >= 0.3 is 0 Å². The topological polar surface area (TPSA) is 75.7 Å². The van der Waals surface area contributed by atoms with E-state index in [1.54, 1.807) is 19.2 Å². The van der Waals surface area contributed by atoms with E-state index >= 15 is 0 Å². The highest BCUT2D eigenvalue weighted by atomic mass is 32.2. The summed E-state index contributed by atoms with van der Waals surface area (Å²) in [7, 11) is -1.97. The fraction of sp³-hybridized carbons (Fsp3) is 0.350. The van der Waals surface area contributed by atoms with Gasteiger partial charge in [0.1, 0.15) is 0 Å². The van der Waals surface area contributed by atoms with Crippen LogP contribution in [0.15, 0.2) is 53.4 Å². The fourth-order valence-electron chi connectivity index (χ4n) is 3.19. The number of nitrogens with one attached hydrogen (secondary N) is 1. The highest BCUT2D eigenvalue weighted by Gasteiger charge is 2.20. The van der Waals surface area contributed by atoms with Crippen molar-refractivity contribution in [2.24, 2.45) is 0 Å². The largest absolute Gasteiger partial charge is 0.380 e. The quantitative estimate of drug-likeness (QED) is 0.769. The van der Waals surface area contributed by atoms with Crippen LogP contribution in [0.1, 0.15) is 30.1 Å². The zero-order valence-electron chi connectivity index (χ0n) is 15.5. The van der Waals surface area contributed by atoms with Gasteiger partial charge in [-0.25, -0.2) is 8.42 Å². The Morgan fingerprint density at radius 1 is 1.11 bits per heavy atom. The first kappa shape index (κ1) is 19.4. The predicted molar refractivity (Wildman–Crippen MR) is 106 cm³/mol. The van der Waals surface area contributed by atoms with Gasteiger partial charge in [-0.2, -0.15) is 0 Å². The molecule has 0 aliphatic carbocycles. The van der Waals surface area contributed by atoms with Gasteiger partial charge in [0, 0.05) is 37.1 Å². The van der Waals surface area contributed by atoms with Crippen molar-refractivity contribution in [2.45, 2.75) is 30.8 Å². The van der Waals surface area contributed by atoms with Gasteiger partial charge in [-0.1, -0.05) is 12.1 Å². The van der Waals surface area contributed by atoms with Gasteiger partial charge in [0.15, 0.2) is 5.78 Å². The first-order chi connectivity index (χ1) is 12.9. The molecule has 1 fully saturated rings. The van der Waals surface area contributed by atoms with E-state index in [0.29, 0.717) is 11.3 Å². The number of anilines is 2. The summed E-state index contributed by atoms with van der Waals surface area (Å²) in [6, 6.07) is 13.2. The summed E-state index contributed by atoms with van der Waals surface area (Å²) in [4.78, 5) is 13.7. The monoisotopic (exact) mass is 388 g/mol. The van der Waals surface area contributed by atoms with Crippen molar-refractivity contribution < 1.29 is 17.9 Å². The molecule has 0 aromatic heterocycles. The van der Waals surface area contributed by atoms with Crippen LogP contribution in [0, 0.1) is 0 Å². The van der Waals surface area contributed by atoms with Crippen molar-refractivity contribution in [3.8, 4) is 0 Å². The Morgan fingerprint density at radius 3 is 2.37 bits per heavy atom. The second-order valence-electron chi connectivity index (χ2n) is 6.68. The number of rotatable bonds is 6. The van der Waals surface area contributed by atoms with E-state index in [1.807, 2.05) is 12.1 Å². The van der Waals surface area contributed by atoms with Crippen molar-refractivity contribution >= 4 is 27.2 Å². The normalized spacial score (nSPS) is 17.6. The van der Waals surface area contributed by atoms with Crippen molar-refractivity contribution in [3.05, 3.63) is 54.1 Å². The molecule has 0 spiro atoms. The van der Waals surface area contributed by atoms with Crippen LogP contribution in [0.4, 0.5) is 11.4 Å². The molecule has 1 aliphatic rings. The van der Waals surface area contributed by atoms with E-state index in [9.17, 15) is 13.2 Å². The molecule has 1 N–H and O–H groups in total. The number of methoxy groups -OCH3 is 1. The summed E-state index contributed by atoms with van der Waals surface area (Å²) in [5.74, 6) is -0.101. The number of benzene rings is 2. The molecule has 2 aromatic rings. The van der Waals surface area contributed by atoms with Crippen LogP contribution in [0.3, 0.4) is 0 Å². The molecule has 0 amide bonds. The Kier molecular flexibility index (Phi) is 5.82. The van der Waals surface area contributed by atoms with E-state index in [-0.39, 0.29) is 16.8 Å². The molecule has 6 nitrogen and oxygen atoms in total. The van der Waals surface area contributed by atoms with Crippen LogP contribution in [0.25, 0.3) is 0 Å². The number of carbonyl (C=O) groups excluding carboxylic acids is 1. The zero-order chi connectivity index (χ0) is 19.4. The van der Waals surface area contributed by atoms with E-state index in [4.69, 9.17) is 4.74 Å². The summed E-state index contributed by atoms with van der Waals surface area (Å²) >= 11 is 0. The average molecular weight is 388 g/mol. The SMILES string of the molecule is COC1CCCN(c2ccc(NS(=O)(=O)c3ccc(C(C)=O)cc3)cc2)C1. The highest BCUT2D eigenvalue weighted by Crippen LogP contribution is 2.24. The van der Waals surface area contributed by atoms with Gasteiger partial charge in [-0.05, 0) is 56.2 Å². The molecule has 3 rings (SSSR count). The van der Waals surface area contributed by atoms with Crippen molar-refractivity contribution in [3.63, 3.8) is 0 Å². The molecule has 0 bridgehead atoms. The molecule has 144 valence electrons. The average Bonchev–Trinajstić information content (AvgIpc) is 2.68. The number of Topliss-reactive ketones (excluding diaryl/α,β-unsaturated/α-hetero) is 1. The number of carbonyl (C=O) groups is 1. The van der Waals surface area contributed by atoms with E-state index in [0.717, 1.165) is 31.6 Å². The minimum absolute atomic E-state index is 0.101. The summed E-state index contributed by atoms with van der Waals surface area (Å²) in [5, 5.41) is 0. The lowest BCUT2D eigenvalue weighted by Crippen LogP contribution is -2.39. The first-order valence-electron chi connectivity index (χ1n) is 8.90.